The van der Waals surface area contributed by atoms with Gasteiger partial charge in [-0.1, -0.05) is 26.0 Å². The fraction of sp³-hybridized carbons (Fsp3) is 0.500. The summed E-state index contributed by atoms with van der Waals surface area (Å²) in [5, 5.41) is 0. The summed E-state index contributed by atoms with van der Waals surface area (Å²) in [5.74, 6) is 1.11. The number of aryl methyl sites for hydroxylation is 1. The molecule has 29 heavy (non-hydrogen) atoms. The maximum atomic E-state index is 13.8. The van der Waals surface area contributed by atoms with Crippen LogP contribution in [0.2, 0.25) is 0 Å². The third-order valence-corrected chi connectivity index (χ3v) is 5.17. The predicted octanol–water partition coefficient (Wildman–Crippen LogP) is 3.52. The summed E-state index contributed by atoms with van der Waals surface area (Å²) in [6, 6.07) is 6.35. The molecule has 0 atom stereocenters. The first kappa shape index (κ1) is 21.0. The Hall–Kier alpha value is -2.70. The Bertz CT molecular complexity index is 841. The Morgan fingerprint density at radius 2 is 1.69 bits per heavy atom. The van der Waals surface area contributed by atoms with Crippen LogP contribution < -0.4 is 0 Å². The quantitative estimate of drug-likeness (QED) is 0.712. The van der Waals surface area contributed by atoms with Gasteiger partial charge in [0.1, 0.15) is 5.82 Å². The Labute approximate surface area is 170 Å². The number of hydrogen-bond acceptors (Lipinski definition) is 4. The van der Waals surface area contributed by atoms with E-state index in [1.165, 1.54) is 12.3 Å². The highest BCUT2D eigenvalue weighted by molar-refractivity contribution is 5.78. The molecule has 0 radical (unpaired) electrons. The largest absolute Gasteiger partial charge is 0.441 e. The first-order chi connectivity index (χ1) is 13.9. The molecule has 1 aromatic carbocycles. The van der Waals surface area contributed by atoms with E-state index in [4.69, 9.17) is 4.42 Å². The van der Waals surface area contributed by atoms with Crippen molar-refractivity contribution >= 4 is 11.8 Å². The molecule has 0 saturated carbocycles. The number of oxazole rings is 1. The lowest BCUT2D eigenvalue weighted by Crippen LogP contribution is -2.50. The van der Waals surface area contributed by atoms with Gasteiger partial charge in [-0.25, -0.2) is 9.37 Å². The number of hydrogen-bond donors (Lipinski definition) is 0. The Kier molecular flexibility index (Phi) is 7.01. The number of amides is 2. The molecule has 1 aliphatic heterocycles. The summed E-state index contributed by atoms with van der Waals surface area (Å²) in [6.45, 7) is 6.49. The minimum atomic E-state index is -0.368. The van der Waals surface area contributed by atoms with Gasteiger partial charge in [-0.2, -0.15) is 0 Å². The van der Waals surface area contributed by atoms with Gasteiger partial charge < -0.3 is 14.2 Å². The van der Waals surface area contributed by atoms with Crippen LogP contribution in [0.4, 0.5) is 4.39 Å². The highest BCUT2D eigenvalue weighted by atomic mass is 19.1. The fourth-order valence-electron chi connectivity index (χ4n) is 3.36. The van der Waals surface area contributed by atoms with Crippen molar-refractivity contribution in [3.8, 4) is 11.3 Å². The maximum absolute atomic E-state index is 13.8. The Balaban J connectivity index is 1.45. The van der Waals surface area contributed by atoms with Crippen LogP contribution in [-0.2, 0) is 16.0 Å². The molecule has 3 rings (SSSR count). The molecule has 1 aliphatic rings. The lowest BCUT2D eigenvalue weighted by molar-refractivity contribution is -0.139. The molecule has 7 heteroatoms. The number of nitrogens with zero attached hydrogens (tertiary/aromatic N) is 3. The summed E-state index contributed by atoms with van der Waals surface area (Å²) in [7, 11) is 0. The molecule has 0 spiro atoms. The van der Waals surface area contributed by atoms with Crippen molar-refractivity contribution in [3.05, 3.63) is 42.2 Å². The average Bonchev–Trinajstić information content (AvgIpc) is 3.19. The van der Waals surface area contributed by atoms with Crippen molar-refractivity contribution in [3.63, 3.8) is 0 Å². The minimum Gasteiger partial charge on any atom is -0.441 e. The third kappa shape index (κ3) is 5.65. The zero-order chi connectivity index (χ0) is 20.8. The highest BCUT2D eigenvalue weighted by Gasteiger charge is 2.24. The van der Waals surface area contributed by atoms with Crippen LogP contribution in [0.1, 0.15) is 39.0 Å². The summed E-state index contributed by atoms with van der Waals surface area (Å²) >= 11 is 0. The molecule has 1 aromatic heterocycles. The molecular formula is C22H28FN3O3. The van der Waals surface area contributed by atoms with Gasteiger partial charge in [0.05, 0.1) is 11.8 Å². The molecule has 0 bridgehead atoms. The van der Waals surface area contributed by atoms with Gasteiger partial charge in [0.2, 0.25) is 11.8 Å². The average molecular weight is 401 g/mol. The second-order valence-corrected chi connectivity index (χ2v) is 7.79. The smallest absolute Gasteiger partial charge is 0.223 e. The second kappa shape index (κ2) is 9.67. The van der Waals surface area contributed by atoms with Crippen LogP contribution in [0.5, 0.6) is 0 Å². The number of rotatable bonds is 7. The van der Waals surface area contributed by atoms with Gasteiger partial charge in [-0.05, 0) is 24.5 Å². The van der Waals surface area contributed by atoms with Crippen molar-refractivity contribution < 1.29 is 18.4 Å². The van der Waals surface area contributed by atoms with E-state index in [-0.39, 0.29) is 24.1 Å². The van der Waals surface area contributed by atoms with Crippen LogP contribution in [0.15, 0.2) is 34.9 Å². The SMILES string of the molecule is CC(C)CCC(=O)N1CCN(C(=O)CCc2ncc(-c3ccccc3F)o2)CC1. The fourth-order valence-corrected chi connectivity index (χ4v) is 3.36. The van der Waals surface area contributed by atoms with E-state index in [9.17, 15) is 14.0 Å². The van der Waals surface area contributed by atoms with Crippen LogP contribution >= 0.6 is 0 Å². The van der Waals surface area contributed by atoms with Gasteiger partial charge >= 0.3 is 0 Å². The lowest BCUT2D eigenvalue weighted by Gasteiger charge is -2.35. The Morgan fingerprint density at radius 1 is 1.07 bits per heavy atom. The van der Waals surface area contributed by atoms with E-state index < -0.39 is 0 Å². The van der Waals surface area contributed by atoms with Crippen molar-refractivity contribution in [1.29, 1.82) is 0 Å². The van der Waals surface area contributed by atoms with Crippen LogP contribution in [0.25, 0.3) is 11.3 Å². The predicted molar refractivity (Wildman–Crippen MR) is 107 cm³/mol. The van der Waals surface area contributed by atoms with E-state index >= 15 is 0 Å². The van der Waals surface area contributed by atoms with Crippen LogP contribution in [0, 0.1) is 11.7 Å². The first-order valence-electron chi connectivity index (χ1n) is 10.2. The zero-order valence-electron chi connectivity index (χ0n) is 17.1. The van der Waals surface area contributed by atoms with Crippen molar-refractivity contribution in [2.75, 3.05) is 26.2 Å². The molecule has 1 saturated heterocycles. The van der Waals surface area contributed by atoms with E-state index in [0.717, 1.165) is 6.42 Å². The molecule has 156 valence electrons. The van der Waals surface area contributed by atoms with Crippen molar-refractivity contribution in [2.45, 2.75) is 39.5 Å². The summed E-state index contributed by atoms with van der Waals surface area (Å²) in [6.07, 6.45) is 3.59. The number of carbonyl (C=O) groups excluding carboxylic acids is 2. The van der Waals surface area contributed by atoms with E-state index in [1.54, 1.807) is 23.1 Å². The summed E-state index contributed by atoms with van der Waals surface area (Å²) in [4.78, 5) is 32.5. The minimum absolute atomic E-state index is 0.0184. The molecule has 0 unspecified atom stereocenters. The molecule has 0 aliphatic carbocycles. The zero-order valence-corrected chi connectivity index (χ0v) is 17.1. The standard InChI is InChI=1S/C22H28FN3O3/c1-16(2)7-9-21(27)25-11-13-26(14-12-25)22(28)10-8-20-24-15-19(29-20)17-5-3-4-6-18(17)23/h3-6,15-16H,7-14H2,1-2H3. The molecule has 2 amide bonds. The number of piperazine rings is 1. The summed E-state index contributed by atoms with van der Waals surface area (Å²) in [5.41, 5.74) is 0.357. The molecule has 2 heterocycles. The molecule has 2 aromatic rings. The van der Waals surface area contributed by atoms with Gasteiger partial charge in [0.15, 0.2) is 11.7 Å². The van der Waals surface area contributed by atoms with Gasteiger partial charge in [-0.3, -0.25) is 9.59 Å². The third-order valence-electron chi connectivity index (χ3n) is 5.17. The summed E-state index contributed by atoms with van der Waals surface area (Å²) < 4.78 is 19.4. The molecule has 6 nitrogen and oxygen atoms in total. The Morgan fingerprint density at radius 3 is 2.31 bits per heavy atom. The van der Waals surface area contributed by atoms with Crippen molar-refractivity contribution in [1.82, 2.24) is 14.8 Å². The number of aromatic nitrogens is 1. The number of carbonyl (C=O) groups is 2. The van der Waals surface area contributed by atoms with Gasteiger partial charge in [-0.15, -0.1) is 0 Å². The highest BCUT2D eigenvalue weighted by Crippen LogP contribution is 2.23. The number of benzene rings is 1. The van der Waals surface area contributed by atoms with E-state index in [2.05, 4.69) is 18.8 Å². The van der Waals surface area contributed by atoms with Gasteiger partial charge in [0, 0.05) is 45.4 Å². The molecular weight excluding hydrogens is 373 g/mol. The van der Waals surface area contributed by atoms with Gasteiger partial charge in [0.25, 0.3) is 0 Å². The normalized spacial score (nSPS) is 14.5. The maximum Gasteiger partial charge on any atom is 0.223 e. The lowest BCUT2D eigenvalue weighted by atomic mass is 10.1. The monoisotopic (exact) mass is 401 g/mol. The van der Waals surface area contributed by atoms with Crippen molar-refractivity contribution in [2.24, 2.45) is 5.92 Å². The first-order valence-corrected chi connectivity index (χ1v) is 10.2. The number of halogens is 1. The van der Waals surface area contributed by atoms with Crippen LogP contribution in [0.3, 0.4) is 0 Å². The van der Waals surface area contributed by atoms with E-state index in [1.807, 2.05) is 4.90 Å². The second-order valence-electron chi connectivity index (χ2n) is 7.79. The molecule has 1 fully saturated rings. The topological polar surface area (TPSA) is 66.7 Å². The van der Waals surface area contributed by atoms with E-state index in [0.29, 0.717) is 62.2 Å². The van der Waals surface area contributed by atoms with Crippen LogP contribution in [-0.4, -0.2) is 52.8 Å². The molecule has 0 N–H and O–H groups in total.